The molecule has 1 aromatic carbocycles. The predicted molar refractivity (Wildman–Crippen MR) is 85.2 cm³/mol. The van der Waals surface area contributed by atoms with Crippen LogP contribution in [0.5, 0.6) is 0 Å². The summed E-state index contributed by atoms with van der Waals surface area (Å²) in [7, 11) is 0. The van der Waals surface area contributed by atoms with Crippen LogP contribution in [0.3, 0.4) is 0 Å². The molecule has 114 valence electrons. The quantitative estimate of drug-likeness (QED) is 0.449. The molecule has 4 N–H and O–H groups in total. The number of ketones is 2. The van der Waals surface area contributed by atoms with Crippen molar-refractivity contribution in [2.24, 2.45) is 10.8 Å². The van der Waals surface area contributed by atoms with Gasteiger partial charge in [-0.05, 0) is 26.7 Å². The lowest BCUT2D eigenvalue weighted by Gasteiger charge is -2.18. The Morgan fingerprint density at radius 1 is 1.23 bits per heavy atom. The van der Waals surface area contributed by atoms with Crippen molar-refractivity contribution in [1.82, 2.24) is 5.43 Å². The molecule has 1 aliphatic rings. The SMILES string of the molecule is CC(CCC1=C(C)C(=O)c2ccccc2C1=O)=NNC(=N)N. The molecule has 0 spiro atoms. The molecule has 0 bridgehead atoms. The van der Waals surface area contributed by atoms with Crippen LogP contribution in [0.15, 0.2) is 40.5 Å². The molecule has 6 nitrogen and oxygen atoms in total. The minimum Gasteiger partial charge on any atom is -0.369 e. The second-order valence-electron chi connectivity index (χ2n) is 5.18. The van der Waals surface area contributed by atoms with Gasteiger partial charge in [0.2, 0.25) is 5.96 Å². The second kappa shape index (κ2) is 6.34. The molecule has 0 amide bonds. The van der Waals surface area contributed by atoms with Gasteiger partial charge in [-0.1, -0.05) is 24.3 Å². The Labute approximate surface area is 128 Å². The minimum absolute atomic E-state index is 0.0957. The summed E-state index contributed by atoms with van der Waals surface area (Å²) in [6.07, 6.45) is 0.938. The van der Waals surface area contributed by atoms with E-state index in [-0.39, 0.29) is 17.5 Å². The standard InChI is InChI=1S/C16H18N4O2/c1-9(19-20-16(17)18)7-8-11-10(2)14(21)12-5-3-4-6-13(12)15(11)22/h3-6H,7-8H2,1-2H3,(H4,17,18,20). The summed E-state index contributed by atoms with van der Waals surface area (Å²) in [4.78, 5) is 24.9. The van der Waals surface area contributed by atoms with E-state index in [9.17, 15) is 9.59 Å². The minimum atomic E-state index is -0.243. The molecule has 22 heavy (non-hydrogen) atoms. The number of nitrogens with two attached hydrogens (primary N) is 1. The van der Waals surface area contributed by atoms with E-state index in [1.807, 2.05) is 0 Å². The number of rotatable bonds is 4. The number of Topliss-reactive ketones (excluding diaryl/α,β-unsaturated/α-hetero) is 2. The number of carbonyl (C=O) groups is 2. The van der Waals surface area contributed by atoms with Gasteiger partial charge in [0.05, 0.1) is 0 Å². The van der Waals surface area contributed by atoms with Gasteiger partial charge >= 0.3 is 0 Å². The van der Waals surface area contributed by atoms with Crippen molar-refractivity contribution in [1.29, 1.82) is 5.41 Å². The first kappa shape index (κ1) is 15.6. The summed E-state index contributed by atoms with van der Waals surface area (Å²) >= 11 is 0. The largest absolute Gasteiger partial charge is 0.369 e. The van der Waals surface area contributed by atoms with Crippen molar-refractivity contribution in [3.8, 4) is 0 Å². The van der Waals surface area contributed by atoms with E-state index in [1.165, 1.54) is 0 Å². The summed E-state index contributed by atoms with van der Waals surface area (Å²) in [5, 5.41) is 11.0. The number of nitrogens with zero attached hydrogens (tertiary/aromatic N) is 1. The van der Waals surface area contributed by atoms with Crippen LogP contribution in [0.1, 0.15) is 47.4 Å². The number of carbonyl (C=O) groups excluding carboxylic acids is 2. The summed E-state index contributed by atoms with van der Waals surface area (Å²) in [5.41, 5.74) is 10.2. The highest BCUT2D eigenvalue weighted by Gasteiger charge is 2.28. The highest BCUT2D eigenvalue weighted by Crippen LogP contribution is 2.28. The van der Waals surface area contributed by atoms with E-state index in [0.29, 0.717) is 40.8 Å². The van der Waals surface area contributed by atoms with Crippen LogP contribution in [0.2, 0.25) is 0 Å². The van der Waals surface area contributed by atoms with Crippen LogP contribution in [0.4, 0.5) is 0 Å². The fourth-order valence-electron chi connectivity index (χ4n) is 2.37. The zero-order valence-electron chi connectivity index (χ0n) is 12.6. The summed E-state index contributed by atoms with van der Waals surface area (Å²) in [6.45, 7) is 3.46. The molecule has 0 heterocycles. The number of allylic oxidation sites excluding steroid dienone is 2. The maximum Gasteiger partial charge on any atom is 0.206 e. The molecular formula is C16H18N4O2. The Balaban J connectivity index is 2.20. The normalized spacial score (nSPS) is 14.9. The molecule has 0 fully saturated rings. The monoisotopic (exact) mass is 298 g/mol. The van der Waals surface area contributed by atoms with Crippen molar-refractivity contribution < 1.29 is 9.59 Å². The Kier molecular flexibility index (Phi) is 4.50. The molecule has 0 saturated heterocycles. The average molecular weight is 298 g/mol. The van der Waals surface area contributed by atoms with Gasteiger partial charge < -0.3 is 5.73 Å². The highest BCUT2D eigenvalue weighted by molar-refractivity contribution is 6.26. The van der Waals surface area contributed by atoms with E-state index in [0.717, 1.165) is 0 Å². The maximum atomic E-state index is 12.5. The molecule has 0 unspecified atom stereocenters. The zero-order valence-corrected chi connectivity index (χ0v) is 12.6. The van der Waals surface area contributed by atoms with Crippen LogP contribution >= 0.6 is 0 Å². The number of hydrogen-bond donors (Lipinski definition) is 3. The molecular weight excluding hydrogens is 280 g/mol. The van der Waals surface area contributed by atoms with E-state index < -0.39 is 0 Å². The fraction of sp³-hybridized carbons (Fsp3) is 0.250. The first-order chi connectivity index (χ1) is 10.4. The van der Waals surface area contributed by atoms with E-state index in [2.05, 4.69) is 10.5 Å². The average Bonchev–Trinajstić information content (AvgIpc) is 2.50. The smallest absolute Gasteiger partial charge is 0.206 e. The summed E-state index contributed by atoms with van der Waals surface area (Å²) in [5.74, 6) is -0.436. The number of guanidine groups is 1. The fourth-order valence-corrected chi connectivity index (χ4v) is 2.37. The highest BCUT2D eigenvalue weighted by atomic mass is 16.1. The lowest BCUT2D eigenvalue weighted by molar-refractivity contribution is 0.0972. The molecule has 0 radical (unpaired) electrons. The van der Waals surface area contributed by atoms with Gasteiger partial charge in [0.15, 0.2) is 11.6 Å². The number of hydrogen-bond acceptors (Lipinski definition) is 4. The lowest BCUT2D eigenvalue weighted by atomic mass is 9.83. The van der Waals surface area contributed by atoms with Gasteiger partial charge in [0.1, 0.15) is 0 Å². The van der Waals surface area contributed by atoms with Gasteiger partial charge in [-0.2, -0.15) is 5.10 Å². The molecule has 0 aliphatic heterocycles. The lowest BCUT2D eigenvalue weighted by Crippen LogP contribution is -2.26. The third kappa shape index (κ3) is 3.11. The van der Waals surface area contributed by atoms with Crippen molar-refractivity contribution in [3.63, 3.8) is 0 Å². The van der Waals surface area contributed by atoms with Crippen molar-refractivity contribution in [3.05, 3.63) is 46.5 Å². The van der Waals surface area contributed by atoms with Crippen LogP contribution in [0.25, 0.3) is 0 Å². The third-order valence-corrected chi connectivity index (χ3v) is 3.59. The van der Waals surface area contributed by atoms with Crippen molar-refractivity contribution >= 4 is 23.2 Å². The van der Waals surface area contributed by atoms with Crippen LogP contribution in [-0.2, 0) is 0 Å². The Morgan fingerprint density at radius 2 is 1.82 bits per heavy atom. The number of hydrazone groups is 1. The predicted octanol–water partition coefficient (Wildman–Crippen LogP) is 2.02. The molecule has 2 rings (SSSR count). The molecule has 1 aliphatic carbocycles. The number of benzene rings is 1. The first-order valence-electron chi connectivity index (χ1n) is 6.93. The molecule has 1 aromatic rings. The molecule has 0 atom stereocenters. The number of fused-ring (bicyclic) bond motifs is 1. The van der Waals surface area contributed by atoms with Crippen LogP contribution in [-0.4, -0.2) is 23.2 Å². The van der Waals surface area contributed by atoms with Gasteiger partial charge in [0.25, 0.3) is 0 Å². The first-order valence-corrected chi connectivity index (χ1v) is 6.93. The van der Waals surface area contributed by atoms with Gasteiger partial charge in [0, 0.05) is 28.0 Å². The third-order valence-electron chi connectivity index (χ3n) is 3.59. The molecule has 0 saturated carbocycles. The van der Waals surface area contributed by atoms with Gasteiger partial charge in [-0.25, -0.2) is 5.43 Å². The molecule has 0 aromatic heterocycles. The van der Waals surface area contributed by atoms with Crippen molar-refractivity contribution in [2.75, 3.05) is 0 Å². The zero-order chi connectivity index (χ0) is 16.3. The van der Waals surface area contributed by atoms with E-state index in [1.54, 1.807) is 38.1 Å². The number of nitrogens with one attached hydrogen (secondary N) is 2. The summed E-state index contributed by atoms with van der Waals surface area (Å²) in [6, 6.07) is 6.87. The van der Waals surface area contributed by atoms with Gasteiger partial charge in [-0.15, -0.1) is 0 Å². The topological polar surface area (TPSA) is 108 Å². The van der Waals surface area contributed by atoms with E-state index >= 15 is 0 Å². The van der Waals surface area contributed by atoms with Crippen LogP contribution < -0.4 is 11.2 Å². The molecule has 6 heteroatoms. The maximum absolute atomic E-state index is 12.5. The summed E-state index contributed by atoms with van der Waals surface area (Å²) < 4.78 is 0. The second-order valence-corrected chi connectivity index (χ2v) is 5.18. The van der Waals surface area contributed by atoms with Gasteiger partial charge in [-0.3, -0.25) is 15.0 Å². The Hall–Kier alpha value is -2.76. The van der Waals surface area contributed by atoms with E-state index in [4.69, 9.17) is 11.1 Å². The Morgan fingerprint density at radius 3 is 2.41 bits per heavy atom. The Bertz CT molecular complexity index is 717. The van der Waals surface area contributed by atoms with Crippen LogP contribution in [0, 0.1) is 5.41 Å². The van der Waals surface area contributed by atoms with Crippen molar-refractivity contribution in [2.45, 2.75) is 26.7 Å².